The van der Waals surface area contributed by atoms with E-state index in [1.54, 1.807) is 30.3 Å². The Kier molecular flexibility index (Phi) is 7.96. The molecule has 2 aromatic rings. The fourth-order valence-corrected chi connectivity index (χ4v) is 3.80. The number of carbonyl (C=O) groups is 2. The van der Waals surface area contributed by atoms with Gasteiger partial charge in [-0.3, -0.25) is 14.5 Å². The molecule has 0 saturated carbocycles. The maximum Gasteiger partial charge on any atom is 0.278 e. The molecule has 0 spiro atoms. The molecule has 0 aliphatic carbocycles. The third-order valence-electron chi connectivity index (χ3n) is 4.69. The number of benzene rings is 2. The van der Waals surface area contributed by atoms with Crippen LogP contribution < -0.4 is 10.1 Å². The lowest BCUT2D eigenvalue weighted by Crippen LogP contribution is -2.34. The van der Waals surface area contributed by atoms with E-state index < -0.39 is 11.8 Å². The minimum Gasteiger partial charge on any atom is -0.492 e. The maximum atomic E-state index is 13.3. The van der Waals surface area contributed by atoms with Crippen LogP contribution in [-0.2, 0) is 14.3 Å². The fourth-order valence-electron chi connectivity index (χ4n) is 3.29. The van der Waals surface area contributed by atoms with E-state index in [2.05, 4.69) is 5.32 Å². The van der Waals surface area contributed by atoms with Crippen LogP contribution in [0.15, 0.2) is 48.2 Å². The molecular weight excluding hydrogens is 439 g/mol. The average molecular weight is 463 g/mol. The standard InChI is InChI=1S/C23H24Cl2N2O4/c1-3-30-13-7-12-27-22(28)20(16-11-10-15(24)14-17(16)25)21(23(27)29)26-18-8-5-6-9-19(18)31-4-2/h5-6,8-11,14,26H,3-4,7,12-13H2,1-2H3. The van der Waals surface area contributed by atoms with E-state index in [9.17, 15) is 9.59 Å². The summed E-state index contributed by atoms with van der Waals surface area (Å²) in [6.45, 7) is 5.51. The molecular formula is C23H24Cl2N2O4. The highest BCUT2D eigenvalue weighted by molar-refractivity contribution is 6.41. The van der Waals surface area contributed by atoms with Gasteiger partial charge in [0.1, 0.15) is 11.4 Å². The Balaban J connectivity index is 2.01. The molecule has 1 heterocycles. The monoisotopic (exact) mass is 462 g/mol. The Morgan fingerprint density at radius 3 is 2.48 bits per heavy atom. The molecule has 1 N–H and O–H groups in total. The number of anilines is 1. The van der Waals surface area contributed by atoms with Crippen LogP contribution in [0.3, 0.4) is 0 Å². The zero-order valence-electron chi connectivity index (χ0n) is 17.4. The highest BCUT2D eigenvalue weighted by Crippen LogP contribution is 2.36. The summed E-state index contributed by atoms with van der Waals surface area (Å²) in [4.78, 5) is 27.7. The second-order valence-electron chi connectivity index (χ2n) is 6.74. The molecule has 0 aromatic heterocycles. The average Bonchev–Trinajstić information content (AvgIpc) is 2.97. The number of imide groups is 1. The maximum absolute atomic E-state index is 13.3. The van der Waals surface area contributed by atoms with Crippen LogP contribution in [0.25, 0.3) is 5.57 Å². The van der Waals surface area contributed by atoms with Crippen molar-refractivity contribution in [3.05, 3.63) is 63.8 Å². The fraction of sp³-hybridized carbons (Fsp3) is 0.304. The summed E-state index contributed by atoms with van der Waals surface area (Å²) in [5.74, 6) is -0.259. The number of hydrogen-bond acceptors (Lipinski definition) is 5. The van der Waals surface area contributed by atoms with E-state index in [4.69, 9.17) is 32.7 Å². The summed E-state index contributed by atoms with van der Waals surface area (Å²) in [6.07, 6.45) is 0.537. The molecule has 0 saturated heterocycles. The predicted octanol–water partition coefficient (Wildman–Crippen LogP) is 5.01. The summed E-state index contributed by atoms with van der Waals surface area (Å²) in [5, 5.41) is 3.85. The molecule has 0 atom stereocenters. The number of ether oxygens (including phenoxy) is 2. The van der Waals surface area contributed by atoms with Gasteiger partial charge < -0.3 is 14.8 Å². The van der Waals surface area contributed by atoms with Crippen LogP contribution in [0, 0.1) is 0 Å². The van der Waals surface area contributed by atoms with E-state index in [-0.39, 0.29) is 22.8 Å². The first-order valence-electron chi connectivity index (χ1n) is 10.1. The Morgan fingerprint density at radius 2 is 1.77 bits per heavy atom. The van der Waals surface area contributed by atoms with Crippen molar-refractivity contribution in [2.45, 2.75) is 20.3 Å². The molecule has 3 rings (SSSR count). The van der Waals surface area contributed by atoms with Gasteiger partial charge in [0.25, 0.3) is 11.8 Å². The van der Waals surface area contributed by atoms with Crippen LogP contribution >= 0.6 is 23.2 Å². The second kappa shape index (κ2) is 10.7. The third-order valence-corrected chi connectivity index (χ3v) is 5.24. The van der Waals surface area contributed by atoms with Gasteiger partial charge in [0, 0.05) is 30.3 Å². The molecule has 2 aromatic carbocycles. The van der Waals surface area contributed by atoms with Gasteiger partial charge in [-0.1, -0.05) is 41.4 Å². The molecule has 8 heteroatoms. The van der Waals surface area contributed by atoms with Crippen molar-refractivity contribution in [2.24, 2.45) is 0 Å². The minimum atomic E-state index is -0.422. The summed E-state index contributed by atoms with van der Waals surface area (Å²) < 4.78 is 11.0. The van der Waals surface area contributed by atoms with Crippen molar-refractivity contribution in [1.82, 2.24) is 4.90 Å². The van der Waals surface area contributed by atoms with Crippen LogP contribution in [0.1, 0.15) is 25.8 Å². The molecule has 31 heavy (non-hydrogen) atoms. The molecule has 0 radical (unpaired) electrons. The first-order valence-corrected chi connectivity index (χ1v) is 10.9. The molecule has 0 fully saturated rings. The molecule has 164 valence electrons. The van der Waals surface area contributed by atoms with Gasteiger partial charge in [-0.2, -0.15) is 0 Å². The van der Waals surface area contributed by atoms with Crippen LogP contribution in [0.2, 0.25) is 10.0 Å². The van der Waals surface area contributed by atoms with E-state index in [0.29, 0.717) is 48.3 Å². The molecule has 1 aliphatic heterocycles. The van der Waals surface area contributed by atoms with E-state index in [1.807, 2.05) is 26.0 Å². The molecule has 6 nitrogen and oxygen atoms in total. The Bertz CT molecular complexity index is 1010. The van der Waals surface area contributed by atoms with Crippen molar-refractivity contribution >= 4 is 46.3 Å². The Hall–Kier alpha value is -2.54. The third kappa shape index (κ3) is 5.21. The zero-order valence-corrected chi connectivity index (χ0v) is 18.9. The number of hydrogen-bond donors (Lipinski definition) is 1. The van der Waals surface area contributed by atoms with Crippen molar-refractivity contribution in [1.29, 1.82) is 0 Å². The summed E-state index contributed by atoms with van der Waals surface area (Å²) in [6, 6.07) is 12.1. The highest BCUT2D eigenvalue weighted by Gasteiger charge is 2.39. The smallest absolute Gasteiger partial charge is 0.278 e. The van der Waals surface area contributed by atoms with Gasteiger partial charge in [-0.15, -0.1) is 0 Å². The quantitative estimate of drug-likeness (QED) is 0.396. The predicted molar refractivity (Wildman–Crippen MR) is 122 cm³/mol. The van der Waals surface area contributed by atoms with Crippen molar-refractivity contribution < 1.29 is 19.1 Å². The van der Waals surface area contributed by atoms with Gasteiger partial charge in [0.05, 0.1) is 22.9 Å². The number of carbonyl (C=O) groups excluding carboxylic acids is 2. The number of nitrogens with one attached hydrogen (secondary N) is 1. The van der Waals surface area contributed by atoms with Gasteiger partial charge >= 0.3 is 0 Å². The summed E-state index contributed by atoms with van der Waals surface area (Å²) in [5.41, 5.74) is 1.37. The lowest BCUT2D eigenvalue weighted by Gasteiger charge is -2.16. The first kappa shape index (κ1) is 23.1. The lowest BCUT2D eigenvalue weighted by molar-refractivity contribution is -0.137. The number of nitrogens with zero attached hydrogens (tertiary/aromatic N) is 1. The number of halogens is 2. The minimum absolute atomic E-state index is 0.151. The van der Waals surface area contributed by atoms with Crippen molar-refractivity contribution in [2.75, 3.05) is 31.7 Å². The Morgan fingerprint density at radius 1 is 1.00 bits per heavy atom. The van der Waals surface area contributed by atoms with Gasteiger partial charge in [0.2, 0.25) is 0 Å². The highest BCUT2D eigenvalue weighted by atomic mass is 35.5. The van der Waals surface area contributed by atoms with E-state index in [1.165, 1.54) is 4.90 Å². The van der Waals surface area contributed by atoms with Crippen molar-refractivity contribution in [3.8, 4) is 5.75 Å². The summed E-state index contributed by atoms with van der Waals surface area (Å²) >= 11 is 12.4. The largest absolute Gasteiger partial charge is 0.492 e. The van der Waals surface area contributed by atoms with E-state index >= 15 is 0 Å². The topological polar surface area (TPSA) is 67.9 Å². The lowest BCUT2D eigenvalue weighted by atomic mass is 10.0. The molecule has 1 aliphatic rings. The van der Waals surface area contributed by atoms with Gasteiger partial charge in [-0.25, -0.2) is 0 Å². The van der Waals surface area contributed by atoms with E-state index in [0.717, 1.165) is 0 Å². The van der Waals surface area contributed by atoms with Crippen LogP contribution in [-0.4, -0.2) is 43.1 Å². The van der Waals surface area contributed by atoms with Gasteiger partial charge in [0.15, 0.2) is 0 Å². The first-order chi connectivity index (χ1) is 15.0. The van der Waals surface area contributed by atoms with Crippen molar-refractivity contribution in [3.63, 3.8) is 0 Å². The molecule has 0 unspecified atom stereocenters. The number of para-hydroxylation sites is 2. The normalized spacial score (nSPS) is 13.9. The second-order valence-corrected chi connectivity index (χ2v) is 7.58. The Labute approximate surface area is 191 Å². The number of amides is 2. The van der Waals surface area contributed by atoms with Crippen LogP contribution in [0.5, 0.6) is 5.75 Å². The van der Waals surface area contributed by atoms with Crippen LogP contribution in [0.4, 0.5) is 5.69 Å². The SMILES string of the molecule is CCOCCCN1C(=O)C(Nc2ccccc2OCC)=C(c2ccc(Cl)cc2Cl)C1=O. The molecule has 2 amide bonds. The molecule has 0 bridgehead atoms. The summed E-state index contributed by atoms with van der Waals surface area (Å²) in [7, 11) is 0. The number of rotatable bonds is 10. The zero-order chi connectivity index (χ0) is 22.4. The van der Waals surface area contributed by atoms with Gasteiger partial charge in [-0.05, 0) is 44.5 Å².